The number of hydrogen-bond acceptors (Lipinski definition) is 17. The third-order valence-corrected chi connectivity index (χ3v) is 20.9. The Morgan fingerprint density at radius 2 is 1.08 bits per heavy atom. The number of aliphatic hydroxyl groups excluding tert-OH is 3. The predicted octanol–water partition coefficient (Wildman–Crippen LogP) is 10.1. The molecule has 3 N–H and O–H groups in total. The van der Waals surface area contributed by atoms with Gasteiger partial charge in [-0.15, -0.1) is 0 Å². The summed E-state index contributed by atoms with van der Waals surface area (Å²) in [6.07, 6.45) is 5.13. The van der Waals surface area contributed by atoms with Crippen LogP contribution >= 0.6 is 0 Å². The number of nitrogens with zero attached hydrogens (tertiary/aromatic N) is 2. The molecule has 4 aromatic heterocycles. The van der Waals surface area contributed by atoms with E-state index in [-0.39, 0.29) is 83.4 Å². The number of pyridine rings is 2. The van der Waals surface area contributed by atoms with E-state index in [2.05, 4.69) is 30.7 Å². The highest BCUT2D eigenvalue weighted by molar-refractivity contribution is 5.89. The number of carbonyl (C=O) groups excluding carboxylic acids is 3. The summed E-state index contributed by atoms with van der Waals surface area (Å²) in [7, 11) is 0. The van der Waals surface area contributed by atoms with Gasteiger partial charge in [-0.2, -0.15) is 0 Å². The quantitative estimate of drug-likeness (QED) is 0.0743. The minimum atomic E-state index is -1.72. The molecule has 17 nitrogen and oxygen atoms in total. The molecule has 0 spiro atoms. The number of ether oxygens (including phenoxy) is 5. The molecule has 16 atom stereocenters. The summed E-state index contributed by atoms with van der Waals surface area (Å²) in [5.41, 5.74) is -5.84. The first-order valence-electron chi connectivity index (χ1n) is 28.2. The number of benzene rings is 1. The lowest BCUT2D eigenvalue weighted by Gasteiger charge is -2.66. The molecule has 6 heterocycles. The lowest BCUT2D eigenvalue weighted by molar-refractivity contribution is -0.257. The van der Waals surface area contributed by atoms with Gasteiger partial charge in [-0.1, -0.05) is 41.5 Å². The molecule has 444 valence electrons. The number of hydrogen-bond donors (Lipinski definition) is 3. The van der Waals surface area contributed by atoms with E-state index in [1.165, 1.54) is 26.1 Å². The van der Waals surface area contributed by atoms with Crippen LogP contribution in [0.1, 0.15) is 141 Å². The second kappa shape index (κ2) is 21.3. The third kappa shape index (κ3) is 9.73. The molecule has 4 saturated carbocycles. The van der Waals surface area contributed by atoms with Crippen LogP contribution in [0.15, 0.2) is 91.7 Å². The van der Waals surface area contributed by atoms with Gasteiger partial charge >= 0.3 is 29.2 Å². The van der Waals surface area contributed by atoms with Crippen molar-refractivity contribution in [3.63, 3.8) is 0 Å². The van der Waals surface area contributed by atoms with Crippen LogP contribution in [-0.4, -0.2) is 79.8 Å². The van der Waals surface area contributed by atoms with Crippen LogP contribution in [0.25, 0.3) is 22.6 Å². The summed E-state index contributed by atoms with van der Waals surface area (Å²) in [6, 6.07) is 11.1. The van der Waals surface area contributed by atoms with E-state index in [1.54, 1.807) is 55.8 Å². The van der Waals surface area contributed by atoms with Crippen LogP contribution in [-0.2, 0) is 23.8 Å². The molecule has 1 aromatic carbocycles. The molecule has 2 aliphatic heterocycles. The van der Waals surface area contributed by atoms with Gasteiger partial charge in [-0.25, -0.2) is 27.6 Å². The zero-order valence-corrected chi connectivity index (χ0v) is 48.1. The maximum Gasteiger partial charge on any atom is 0.345 e. The molecule has 5 aromatic rings. The van der Waals surface area contributed by atoms with Crippen LogP contribution in [0.5, 0.6) is 11.5 Å². The molecule has 6 aliphatic rings. The van der Waals surface area contributed by atoms with E-state index in [4.69, 9.17) is 32.5 Å². The van der Waals surface area contributed by atoms with Crippen molar-refractivity contribution in [3.8, 4) is 34.1 Å². The Hall–Kier alpha value is -6.90. The van der Waals surface area contributed by atoms with E-state index in [9.17, 15) is 52.5 Å². The Balaban J connectivity index is 0.000000192. The summed E-state index contributed by atoms with van der Waals surface area (Å²) in [4.78, 5) is 72.1. The largest absolute Gasteiger partial charge is 0.484 e. The normalized spacial score (nSPS) is 35.5. The van der Waals surface area contributed by atoms with Gasteiger partial charge in [0.25, 0.3) is 0 Å². The number of carbonyl (C=O) groups is 3. The summed E-state index contributed by atoms with van der Waals surface area (Å²) in [6.45, 7) is 18.9. The highest BCUT2D eigenvalue weighted by Crippen LogP contribution is 2.70. The van der Waals surface area contributed by atoms with E-state index in [0.717, 1.165) is 12.8 Å². The van der Waals surface area contributed by atoms with Crippen LogP contribution in [0.2, 0.25) is 0 Å². The molecule has 11 rings (SSSR count). The molecule has 83 heavy (non-hydrogen) atoms. The van der Waals surface area contributed by atoms with E-state index in [0.29, 0.717) is 42.5 Å². The third-order valence-electron chi connectivity index (χ3n) is 20.9. The SMILES string of the molecule is CC(=O)OCC1(C)C2C[C@H](O)[C@@]3(C)Oc4cc(-c5cccnc5)oc(=O)c4[C@H](O)C3[C@@]2(C)CC[C@@H]1C.CC(=O)OCC1(C)C2C[C@H](OC(=O)c3cc(F)c(F)c(F)c3)[C@@]3(C)Oc4cc(-c5cccnc5)oc(=O)c4[C@H](O)C3[C@@]2(C)CC[C@@H]1C. The van der Waals surface area contributed by atoms with Crippen molar-refractivity contribution in [1.82, 2.24) is 9.97 Å². The van der Waals surface area contributed by atoms with Crippen molar-refractivity contribution in [1.29, 1.82) is 0 Å². The Bertz CT molecular complexity index is 3450. The molecule has 0 amide bonds. The first kappa shape index (κ1) is 59.3. The number of aliphatic hydroxyl groups is 3. The zero-order chi connectivity index (χ0) is 60.1. The van der Waals surface area contributed by atoms with Gasteiger partial charge in [-0.05, 0) is 123 Å². The van der Waals surface area contributed by atoms with Gasteiger partial charge in [-0.3, -0.25) is 19.6 Å². The van der Waals surface area contributed by atoms with Crippen LogP contribution in [0.4, 0.5) is 13.2 Å². The fourth-order valence-electron chi connectivity index (χ4n) is 16.1. The van der Waals surface area contributed by atoms with Gasteiger partial charge in [0.2, 0.25) is 0 Å². The highest BCUT2D eigenvalue weighted by atomic mass is 19.2. The monoisotopic (exact) mass is 1150 g/mol. The van der Waals surface area contributed by atoms with Gasteiger partial charge in [0.05, 0.1) is 37.1 Å². The Morgan fingerprint density at radius 1 is 0.651 bits per heavy atom. The molecule has 20 heteroatoms. The van der Waals surface area contributed by atoms with E-state index < -0.39 is 115 Å². The van der Waals surface area contributed by atoms with Crippen molar-refractivity contribution in [2.45, 2.75) is 143 Å². The van der Waals surface area contributed by atoms with Crippen molar-refractivity contribution in [3.05, 3.63) is 128 Å². The number of aromatic nitrogens is 2. The van der Waals surface area contributed by atoms with E-state index in [1.807, 2.05) is 27.7 Å². The molecule has 0 radical (unpaired) electrons. The number of esters is 3. The van der Waals surface area contributed by atoms with Gasteiger partial charge in [0.15, 0.2) is 17.5 Å². The molecular formula is C63H71F3N2O15. The fourth-order valence-corrected chi connectivity index (χ4v) is 16.1. The minimum absolute atomic E-state index is 0.0279. The molecule has 4 aliphatic carbocycles. The molecule has 6 unspecified atom stereocenters. The Kier molecular flexibility index (Phi) is 15.2. The number of rotatable bonds is 8. The Labute approximate surface area is 477 Å². The predicted molar refractivity (Wildman–Crippen MR) is 292 cm³/mol. The first-order chi connectivity index (χ1) is 39.0. The van der Waals surface area contributed by atoms with Gasteiger partial charge in [0, 0.05) is 84.6 Å². The molecule has 0 bridgehead atoms. The number of fused-ring (bicyclic) bond motifs is 8. The first-order valence-corrected chi connectivity index (χ1v) is 28.2. The highest BCUT2D eigenvalue weighted by Gasteiger charge is 2.71. The van der Waals surface area contributed by atoms with Crippen molar-refractivity contribution in [2.75, 3.05) is 13.2 Å². The van der Waals surface area contributed by atoms with Gasteiger partial charge in [0.1, 0.15) is 51.5 Å². The van der Waals surface area contributed by atoms with Crippen molar-refractivity contribution in [2.24, 2.45) is 57.2 Å². The number of halogens is 3. The van der Waals surface area contributed by atoms with Crippen molar-refractivity contribution < 1.29 is 75.4 Å². The topological polar surface area (TPSA) is 244 Å². The van der Waals surface area contributed by atoms with Gasteiger partial charge < -0.3 is 47.8 Å². The second-order valence-corrected chi connectivity index (χ2v) is 25.5. The summed E-state index contributed by atoms with van der Waals surface area (Å²) >= 11 is 0. The fraction of sp³-hybridized carbons (Fsp3) is 0.540. The Morgan fingerprint density at radius 3 is 1.52 bits per heavy atom. The molecule has 0 saturated heterocycles. The van der Waals surface area contributed by atoms with E-state index >= 15 is 0 Å². The zero-order valence-electron chi connectivity index (χ0n) is 48.1. The van der Waals surface area contributed by atoms with Crippen molar-refractivity contribution >= 4 is 17.9 Å². The summed E-state index contributed by atoms with van der Waals surface area (Å²) < 4.78 is 83.5. The smallest absolute Gasteiger partial charge is 0.345 e. The summed E-state index contributed by atoms with van der Waals surface area (Å²) in [5.74, 6) is -7.68. The summed E-state index contributed by atoms with van der Waals surface area (Å²) in [5, 5.41) is 35.5. The lowest BCUT2D eigenvalue weighted by Crippen LogP contribution is -2.70. The van der Waals surface area contributed by atoms with Crippen LogP contribution in [0.3, 0.4) is 0 Å². The lowest BCUT2D eigenvalue weighted by atomic mass is 9.41. The molecule has 4 fully saturated rings. The maximum atomic E-state index is 14.2. The molecular weight excluding hydrogens is 1080 g/mol. The minimum Gasteiger partial charge on any atom is -0.484 e. The standard InChI is InChI=1S/C35H36F3NO8.C28H35NO7/c1-17-8-9-33(3)25(34(17,4)16-44-18(2)40)14-26(46-31(42)20-11-21(36)28(38)22(37)12-20)35(5)30(33)29(41)27-24(47-35)13-23(45-32(27)43)19-7-6-10-39-15-19;1-15-8-9-26(3)20(27(15,4)14-34-16(2)30)12-21(31)28(5)24(26)23(32)22-19(36-28)11-18(35-25(22)33)17-7-6-10-29-13-17/h6-7,10-13,15,17,25-26,29-30,41H,8-9,14,16H2,1-5H3;6-7,10-11,13,15,20-21,23-24,31-32H,8-9,12,14H2,1-5H3/t17-,25?,26-,29-,30?,33-,34?,35+;15-,20?,21-,23-,24?,26-,27?,28+/m00/s1. The maximum absolute atomic E-state index is 14.2. The average Bonchev–Trinajstić information content (AvgIpc) is 3.58. The van der Waals surface area contributed by atoms with Crippen LogP contribution < -0.4 is 20.7 Å². The second-order valence-electron chi connectivity index (χ2n) is 25.5. The average molecular weight is 1150 g/mol. The van der Waals surface area contributed by atoms with Crippen LogP contribution in [0, 0.1) is 74.6 Å².